The lowest BCUT2D eigenvalue weighted by Gasteiger charge is -2.16. The Morgan fingerprint density at radius 1 is 0.576 bits per heavy atom. The predicted octanol–water partition coefficient (Wildman–Crippen LogP) is 8.82. The first-order valence-corrected chi connectivity index (χ1v) is 14.0. The summed E-state index contributed by atoms with van der Waals surface area (Å²) in [6, 6.07) is 0. The number of unbranched alkanes of at least 4 members (excludes halogenated alkanes) is 11. The van der Waals surface area contributed by atoms with Gasteiger partial charge in [-0.05, 0) is 58.8 Å². The lowest BCUT2D eigenvalue weighted by Crippen LogP contribution is -2.22. The van der Waals surface area contributed by atoms with E-state index in [1.165, 1.54) is 64.2 Å². The maximum Gasteiger partial charge on any atom is 0.163 e. The third-order valence-corrected chi connectivity index (χ3v) is 6.35. The molecule has 0 aromatic rings. The van der Waals surface area contributed by atoms with E-state index < -0.39 is 5.79 Å². The Morgan fingerprint density at radius 2 is 1.00 bits per heavy atom. The van der Waals surface area contributed by atoms with E-state index in [0.29, 0.717) is 0 Å². The summed E-state index contributed by atoms with van der Waals surface area (Å²) in [6.07, 6.45) is 34.7. The monoisotopic (exact) mass is 462 g/mol. The van der Waals surface area contributed by atoms with E-state index in [0.717, 1.165) is 44.9 Å². The highest BCUT2D eigenvalue weighted by Crippen LogP contribution is 2.33. The Kier molecular flexibility index (Phi) is 18.7. The van der Waals surface area contributed by atoms with Crippen LogP contribution < -0.4 is 0 Å². The Balaban J connectivity index is 2.10. The van der Waals surface area contributed by atoms with E-state index in [9.17, 15) is 0 Å². The first-order chi connectivity index (χ1) is 16.1. The molecule has 0 bridgehead atoms. The maximum atomic E-state index is 8.69. The largest absolute Gasteiger partial charge is 0.392 e. The minimum atomic E-state index is -0.436. The van der Waals surface area contributed by atoms with Crippen LogP contribution in [0.1, 0.15) is 130 Å². The summed E-state index contributed by atoms with van der Waals surface area (Å²) in [7, 11) is 0. The van der Waals surface area contributed by atoms with Crippen LogP contribution in [0.25, 0.3) is 0 Å². The second kappa shape index (κ2) is 20.5. The summed E-state index contributed by atoms with van der Waals surface area (Å²) in [5.74, 6) is -0.436. The van der Waals surface area contributed by atoms with Crippen molar-refractivity contribution in [3.63, 3.8) is 0 Å². The molecule has 0 spiro atoms. The first-order valence-electron chi connectivity index (χ1n) is 14.0. The van der Waals surface area contributed by atoms with Gasteiger partial charge in [0.2, 0.25) is 0 Å². The van der Waals surface area contributed by atoms with Gasteiger partial charge in [-0.25, -0.2) is 0 Å². The van der Waals surface area contributed by atoms with Crippen LogP contribution in [0, 0.1) is 0 Å². The van der Waals surface area contributed by atoms with Crippen molar-refractivity contribution in [1.29, 1.82) is 0 Å². The Bertz CT molecular complexity index is 521. The molecule has 0 aromatic heterocycles. The van der Waals surface area contributed by atoms with Gasteiger partial charge in [-0.1, -0.05) is 108 Å². The van der Waals surface area contributed by atoms with Crippen LogP contribution in [0.2, 0.25) is 0 Å². The van der Waals surface area contributed by atoms with Crippen molar-refractivity contribution >= 4 is 0 Å². The lowest BCUT2D eigenvalue weighted by molar-refractivity contribution is -0.147. The van der Waals surface area contributed by atoms with Crippen molar-refractivity contribution in [3.05, 3.63) is 36.5 Å². The molecule has 1 heterocycles. The molecule has 192 valence electrons. The normalized spacial score (nSPS) is 20.7. The molecule has 0 aliphatic carbocycles. The van der Waals surface area contributed by atoms with Crippen molar-refractivity contribution in [2.24, 2.45) is 0 Å². The van der Waals surface area contributed by atoms with E-state index in [1.807, 2.05) is 6.08 Å². The molecule has 1 N–H and O–H groups in total. The molecule has 0 unspecified atom stereocenters. The number of hydrogen-bond acceptors (Lipinski definition) is 3. The molecule has 1 rings (SSSR count). The molecule has 0 aromatic carbocycles. The van der Waals surface area contributed by atoms with Crippen LogP contribution >= 0.6 is 0 Å². The minimum absolute atomic E-state index is 0.143. The molecule has 0 radical (unpaired) electrons. The van der Waals surface area contributed by atoms with E-state index in [1.54, 1.807) is 6.08 Å². The zero-order valence-corrected chi connectivity index (χ0v) is 22.1. The Hall–Kier alpha value is -0.900. The molecule has 1 aliphatic heterocycles. The Morgan fingerprint density at radius 3 is 1.52 bits per heavy atom. The van der Waals surface area contributed by atoms with Gasteiger partial charge in [0.1, 0.15) is 0 Å². The zero-order chi connectivity index (χ0) is 24.0. The summed E-state index contributed by atoms with van der Waals surface area (Å²) in [4.78, 5) is 0. The summed E-state index contributed by atoms with van der Waals surface area (Å²) in [5, 5.41) is 8.69. The molecule has 3 heteroatoms. The van der Waals surface area contributed by atoms with Gasteiger partial charge in [0.15, 0.2) is 5.79 Å². The third-order valence-electron chi connectivity index (χ3n) is 6.35. The van der Waals surface area contributed by atoms with Crippen molar-refractivity contribution in [2.75, 3.05) is 6.61 Å². The average molecular weight is 463 g/mol. The molecule has 0 saturated carbocycles. The zero-order valence-electron chi connectivity index (χ0n) is 22.1. The second-order valence-electron chi connectivity index (χ2n) is 10.0. The van der Waals surface area contributed by atoms with E-state index in [-0.39, 0.29) is 18.8 Å². The van der Waals surface area contributed by atoms with Gasteiger partial charge in [0.05, 0.1) is 18.8 Å². The Labute approximate surface area is 205 Å². The summed E-state index contributed by atoms with van der Waals surface area (Å²) >= 11 is 0. The topological polar surface area (TPSA) is 38.7 Å². The molecule has 33 heavy (non-hydrogen) atoms. The number of aliphatic hydroxyl groups excluding tert-OH is 1. The molecule has 2 atom stereocenters. The number of ether oxygens (including phenoxy) is 2. The van der Waals surface area contributed by atoms with E-state index in [2.05, 4.69) is 45.1 Å². The SMILES string of the molecule is CCCCCCCCCCCC[C@H]1OC(C)(C)O[C@@H]1CC/C=C/CC/C=C/CC/C=C/CO. The lowest BCUT2D eigenvalue weighted by atomic mass is 10.0. The smallest absolute Gasteiger partial charge is 0.163 e. The minimum Gasteiger partial charge on any atom is -0.392 e. The second-order valence-corrected chi connectivity index (χ2v) is 10.0. The molecule has 1 saturated heterocycles. The van der Waals surface area contributed by atoms with E-state index >= 15 is 0 Å². The van der Waals surface area contributed by atoms with Gasteiger partial charge in [-0.2, -0.15) is 0 Å². The van der Waals surface area contributed by atoms with Crippen molar-refractivity contribution < 1.29 is 14.6 Å². The first kappa shape index (κ1) is 30.1. The van der Waals surface area contributed by atoms with E-state index in [4.69, 9.17) is 14.6 Å². The van der Waals surface area contributed by atoms with Gasteiger partial charge >= 0.3 is 0 Å². The van der Waals surface area contributed by atoms with Gasteiger partial charge < -0.3 is 14.6 Å². The molecular formula is C30H54O3. The average Bonchev–Trinajstić information content (AvgIpc) is 3.09. The van der Waals surface area contributed by atoms with Gasteiger partial charge in [-0.15, -0.1) is 0 Å². The van der Waals surface area contributed by atoms with Gasteiger partial charge in [0, 0.05) is 0 Å². The molecule has 0 amide bonds. The molecule has 3 nitrogen and oxygen atoms in total. The van der Waals surface area contributed by atoms with Crippen molar-refractivity contribution in [1.82, 2.24) is 0 Å². The highest BCUT2D eigenvalue weighted by Gasteiger charge is 2.40. The van der Waals surface area contributed by atoms with Gasteiger partial charge in [-0.3, -0.25) is 0 Å². The van der Waals surface area contributed by atoms with Crippen LogP contribution in [-0.4, -0.2) is 29.7 Å². The van der Waals surface area contributed by atoms with Crippen LogP contribution in [-0.2, 0) is 9.47 Å². The molecular weight excluding hydrogens is 408 g/mol. The fourth-order valence-electron chi connectivity index (χ4n) is 4.54. The van der Waals surface area contributed by atoms with Gasteiger partial charge in [0.25, 0.3) is 0 Å². The highest BCUT2D eigenvalue weighted by molar-refractivity contribution is 4.91. The predicted molar refractivity (Wildman–Crippen MR) is 142 cm³/mol. The van der Waals surface area contributed by atoms with Crippen molar-refractivity contribution in [3.8, 4) is 0 Å². The molecule has 1 fully saturated rings. The molecule has 1 aliphatic rings. The summed E-state index contributed by atoms with van der Waals surface area (Å²) in [5.41, 5.74) is 0. The number of aliphatic hydroxyl groups is 1. The highest BCUT2D eigenvalue weighted by atomic mass is 16.7. The fraction of sp³-hybridized carbons (Fsp3) is 0.800. The van der Waals surface area contributed by atoms with Crippen LogP contribution in [0.15, 0.2) is 36.5 Å². The maximum absolute atomic E-state index is 8.69. The van der Waals surface area contributed by atoms with Crippen LogP contribution in [0.4, 0.5) is 0 Å². The standard InChI is InChI=1S/C30H54O3/c1-4-5-6-7-8-9-13-16-19-22-25-28-29(33-30(2,3)32-28)26-23-20-17-14-11-10-12-15-18-21-24-27-31/h10,12,17,20-21,24,28-29,31H,4-9,11,13-16,18-19,22-23,25-27H2,1-3H3/b12-10+,20-17+,24-21+/t28-,29-/m1/s1. The third kappa shape index (κ3) is 17.2. The summed E-state index contributed by atoms with van der Waals surface area (Å²) in [6.45, 7) is 6.54. The number of hydrogen-bond donors (Lipinski definition) is 1. The quantitative estimate of drug-likeness (QED) is 0.137. The summed E-state index contributed by atoms with van der Waals surface area (Å²) < 4.78 is 12.4. The number of rotatable bonds is 21. The van der Waals surface area contributed by atoms with Crippen LogP contribution in [0.5, 0.6) is 0 Å². The van der Waals surface area contributed by atoms with Crippen molar-refractivity contribution in [2.45, 2.75) is 148 Å². The van der Waals surface area contributed by atoms with Crippen LogP contribution in [0.3, 0.4) is 0 Å². The fourth-order valence-corrected chi connectivity index (χ4v) is 4.54. The number of allylic oxidation sites excluding steroid dienone is 5.